The second-order valence-electron chi connectivity index (χ2n) is 5.49. The third-order valence-electron chi connectivity index (χ3n) is 3.58. The van der Waals surface area contributed by atoms with Gasteiger partial charge < -0.3 is 10.6 Å². The molecule has 0 saturated heterocycles. The number of carbonyl (C=O) groups excluding carboxylic acids is 1. The molecule has 0 heterocycles. The minimum absolute atomic E-state index is 0.0126. The Kier molecular flexibility index (Phi) is 5.87. The molecule has 0 spiro atoms. The van der Waals surface area contributed by atoms with E-state index in [0.29, 0.717) is 11.8 Å². The molecule has 3 heteroatoms. The molecule has 0 aliphatic heterocycles. The van der Waals surface area contributed by atoms with Crippen molar-refractivity contribution in [3.63, 3.8) is 0 Å². The van der Waals surface area contributed by atoms with Gasteiger partial charge in [0, 0.05) is 24.3 Å². The maximum absolute atomic E-state index is 12.1. The van der Waals surface area contributed by atoms with E-state index in [1.54, 1.807) is 0 Å². The lowest BCUT2D eigenvalue weighted by molar-refractivity contribution is 0.0945. The van der Waals surface area contributed by atoms with Crippen molar-refractivity contribution in [1.82, 2.24) is 5.32 Å². The first kappa shape index (κ1) is 15.5. The van der Waals surface area contributed by atoms with Crippen LogP contribution >= 0.6 is 0 Å². The average molecular weight is 262 g/mol. The van der Waals surface area contributed by atoms with Gasteiger partial charge in [0.2, 0.25) is 0 Å². The smallest absolute Gasteiger partial charge is 0.251 e. The Bertz CT molecular complexity index is 427. The Balaban J connectivity index is 2.65. The SMILES string of the molecule is CCNc1ccc(C(=O)NCC(C)C(C)C)cc1C. The summed E-state index contributed by atoms with van der Waals surface area (Å²) in [5.41, 5.74) is 2.93. The van der Waals surface area contributed by atoms with Gasteiger partial charge in [0.1, 0.15) is 0 Å². The van der Waals surface area contributed by atoms with Crippen LogP contribution in [0.5, 0.6) is 0 Å². The van der Waals surface area contributed by atoms with E-state index < -0.39 is 0 Å². The van der Waals surface area contributed by atoms with E-state index in [-0.39, 0.29) is 5.91 Å². The van der Waals surface area contributed by atoms with E-state index in [4.69, 9.17) is 0 Å². The topological polar surface area (TPSA) is 41.1 Å². The first-order valence-corrected chi connectivity index (χ1v) is 7.08. The van der Waals surface area contributed by atoms with Crippen molar-refractivity contribution in [2.75, 3.05) is 18.4 Å². The highest BCUT2D eigenvalue weighted by Gasteiger charge is 2.11. The van der Waals surface area contributed by atoms with Crippen molar-refractivity contribution < 1.29 is 4.79 Å². The first-order chi connectivity index (χ1) is 8.95. The summed E-state index contributed by atoms with van der Waals surface area (Å²) in [6.45, 7) is 12.2. The lowest BCUT2D eigenvalue weighted by atomic mass is 9.98. The summed E-state index contributed by atoms with van der Waals surface area (Å²) in [5, 5.41) is 6.27. The summed E-state index contributed by atoms with van der Waals surface area (Å²) in [6.07, 6.45) is 0. The number of carbonyl (C=O) groups is 1. The third-order valence-corrected chi connectivity index (χ3v) is 3.58. The quantitative estimate of drug-likeness (QED) is 0.824. The van der Waals surface area contributed by atoms with Crippen LogP contribution in [0.15, 0.2) is 18.2 Å². The van der Waals surface area contributed by atoms with E-state index >= 15 is 0 Å². The van der Waals surface area contributed by atoms with Crippen LogP contribution in [0.2, 0.25) is 0 Å². The lowest BCUT2D eigenvalue weighted by Crippen LogP contribution is -2.30. The Morgan fingerprint density at radius 1 is 1.26 bits per heavy atom. The number of hydrogen-bond donors (Lipinski definition) is 2. The molecule has 1 unspecified atom stereocenters. The molecule has 1 rings (SSSR count). The summed E-state index contributed by atoms with van der Waals surface area (Å²) in [5.74, 6) is 1.09. The van der Waals surface area contributed by atoms with Crippen LogP contribution in [0.25, 0.3) is 0 Å². The second kappa shape index (κ2) is 7.17. The van der Waals surface area contributed by atoms with Gasteiger partial charge in [0.05, 0.1) is 0 Å². The van der Waals surface area contributed by atoms with Crippen LogP contribution in [-0.4, -0.2) is 19.0 Å². The Labute approximate surface area is 116 Å². The number of nitrogens with one attached hydrogen (secondary N) is 2. The van der Waals surface area contributed by atoms with Crippen molar-refractivity contribution >= 4 is 11.6 Å². The Hall–Kier alpha value is -1.51. The highest BCUT2D eigenvalue weighted by Crippen LogP contribution is 2.16. The normalized spacial score (nSPS) is 12.3. The Morgan fingerprint density at radius 3 is 2.47 bits per heavy atom. The number of hydrogen-bond acceptors (Lipinski definition) is 2. The van der Waals surface area contributed by atoms with E-state index in [0.717, 1.165) is 29.9 Å². The van der Waals surface area contributed by atoms with Crippen LogP contribution in [0, 0.1) is 18.8 Å². The predicted octanol–water partition coefficient (Wildman–Crippen LogP) is 3.45. The molecular formula is C16H26N2O. The highest BCUT2D eigenvalue weighted by molar-refractivity contribution is 5.94. The average Bonchev–Trinajstić information content (AvgIpc) is 2.37. The fourth-order valence-corrected chi connectivity index (χ4v) is 1.79. The summed E-state index contributed by atoms with van der Waals surface area (Å²) in [4.78, 5) is 12.1. The zero-order chi connectivity index (χ0) is 14.4. The number of aryl methyl sites for hydroxylation is 1. The summed E-state index contributed by atoms with van der Waals surface area (Å²) in [7, 11) is 0. The molecule has 0 bridgehead atoms. The van der Waals surface area contributed by atoms with Gasteiger partial charge in [-0.05, 0) is 49.4 Å². The molecule has 0 aliphatic carbocycles. The second-order valence-corrected chi connectivity index (χ2v) is 5.49. The minimum atomic E-state index is 0.0126. The largest absolute Gasteiger partial charge is 0.385 e. The molecule has 1 amide bonds. The third kappa shape index (κ3) is 4.58. The van der Waals surface area contributed by atoms with Crippen LogP contribution < -0.4 is 10.6 Å². The molecule has 0 aromatic heterocycles. The van der Waals surface area contributed by atoms with E-state index in [9.17, 15) is 4.79 Å². The van der Waals surface area contributed by atoms with Gasteiger partial charge in [-0.1, -0.05) is 20.8 Å². The van der Waals surface area contributed by atoms with Crippen molar-refractivity contribution in [3.8, 4) is 0 Å². The molecule has 1 aromatic carbocycles. The van der Waals surface area contributed by atoms with E-state index in [2.05, 4.69) is 38.3 Å². The van der Waals surface area contributed by atoms with Crippen molar-refractivity contribution in [1.29, 1.82) is 0 Å². The number of amides is 1. The number of benzene rings is 1. The fourth-order valence-electron chi connectivity index (χ4n) is 1.79. The molecular weight excluding hydrogens is 236 g/mol. The number of anilines is 1. The summed E-state index contributed by atoms with van der Waals surface area (Å²) in [6, 6.07) is 5.79. The minimum Gasteiger partial charge on any atom is -0.385 e. The molecule has 0 fully saturated rings. The maximum atomic E-state index is 12.1. The maximum Gasteiger partial charge on any atom is 0.251 e. The molecule has 1 aromatic rings. The van der Waals surface area contributed by atoms with Gasteiger partial charge in [0.15, 0.2) is 0 Å². The van der Waals surface area contributed by atoms with Gasteiger partial charge >= 0.3 is 0 Å². The molecule has 19 heavy (non-hydrogen) atoms. The Morgan fingerprint density at radius 2 is 1.95 bits per heavy atom. The molecule has 0 saturated carbocycles. The van der Waals surface area contributed by atoms with Crippen molar-refractivity contribution in [3.05, 3.63) is 29.3 Å². The predicted molar refractivity (Wildman–Crippen MR) is 81.7 cm³/mol. The van der Waals surface area contributed by atoms with Crippen LogP contribution in [0.3, 0.4) is 0 Å². The zero-order valence-electron chi connectivity index (χ0n) is 12.7. The van der Waals surface area contributed by atoms with Gasteiger partial charge in [-0.25, -0.2) is 0 Å². The van der Waals surface area contributed by atoms with Gasteiger partial charge in [-0.15, -0.1) is 0 Å². The van der Waals surface area contributed by atoms with Gasteiger partial charge in [-0.2, -0.15) is 0 Å². The van der Waals surface area contributed by atoms with Gasteiger partial charge in [0.25, 0.3) is 5.91 Å². The molecule has 2 N–H and O–H groups in total. The van der Waals surface area contributed by atoms with Crippen LogP contribution in [0.1, 0.15) is 43.6 Å². The highest BCUT2D eigenvalue weighted by atomic mass is 16.1. The van der Waals surface area contributed by atoms with Crippen molar-refractivity contribution in [2.24, 2.45) is 11.8 Å². The molecule has 1 atom stereocenters. The summed E-state index contributed by atoms with van der Waals surface area (Å²) >= 11 is 0. The van der Waals surface area contributed by atoms with Crippen LogP contribution in [-0.2, 0) is 0 Å². The number of rotatable bonds is 6. The summed E-state index contributed by atoms with van der Waals surface area (Å²) < 4.78 is 0. The molecule has 106 valence electrons. The van der Waals surface area contributed by atoms with E-state index in [1.165, 1.54) is 0 Å². The van der Waals surface area contributed by atoms with Crippen LogP contribution in [0.4, 0.5) is 5.69 Å². The molecule has 0 radical (unpaired) electrons. The van der Waals surface area contributed by atoms with Gasteiger partial charge in [-0.3, -0.25) is 4.79 Å². The molecule has 0 aliphatic rings. The zero-order valence-corrected chi connectivity index (χ0v) is 12.7. The molecule has 3 nitrogen and oxygen atoms in total. The standard InChI is InChI=1S/C16H26N2O/c1-6-17-15-8-7-14(9-12(15)4)16(19)18-10-13(5)11(2)3/h7-9,11,13,17H,6,10H2,1-5H3,(H,18,19). The first-order valence-electron chi connectivity index (χ1n) is 7.08. The lowest BCUT2D eigenvalue weighted by Gasteiger charge is -2.16. The monoisotopic (exact) mass is 262 g/mol. The van der Waals surface area contributed by atoms with Crippen molar-refractivity contribution in [2.45, 2.75) is 34.6 Å². The van der Waals surface area contributed by atoms with E-state index in [1.807, 2.05) is 25.1 Å². The fraction of sp³-hybridized carbons (Fsp3) is 0.562.